The third-order valence-electron chi connectivity index (χ3n) is 5.82. The Labute approximate surface area is 229 Å². The van der Waals surface area contributed by atoms with Crippen molar-refractivity contribution in [3.05, 3.63) is 82.0 Å². The molecule has 5 rings (SSSR count). The van der Waals surface area contributed by atoms with Gasteiger partial charge in [-0.3, -0.25) is 10.1 Å². The highest BCUT2D eigenvalue weighted by Gasteiger charge is 2.38. The maximum atomic E-state index is 12.8. The molecule has 14 heteroatoms. The molecule has 1 atom stereocenters. The highest BCUT2D eigenvalue weighted by Crippen LogP contribution is 2.29. The molecule has 2 aromatic heterocycles. The van der Waals surface area contributed by atoms with Crippen LogP contribution in [0.25, 0.3) is 11.3 Å². The number of nitriles is 1. The predicted molar refractivity (Wildman–Crippen MR) is 139 cm³/mol. The Bertz CT molecular complexity index is 1560. The number of hydrogen-bond acceptors (Lipinski definition) is 8. The van der Waals surface area contributed by atoms with Crippen molar-refractivity contribution in [3.8, 4) is 17.3 Å². The van der Waals surface area contributed by atoms with Crippen LogP contribution in [0, 0.1) is 11.3 Å². The number of fused-ring (bicyclic) bond motifs is 1. The van der Waals surface area contributed by atoms with Crippen LogP contribution in [0.15, 0.2) is 54.7 Å². The fourth-order valence-electron chi connectivity index (χ4n) is 3.84. The summed E-state index contributed by atoms with van der Waals surface area (Å²) in [7, 11) is 0. The summed E-state index contributed by atoms with van der Waals surface area (Å²) in [5, 5.41) is 28.0. The summed E-state index contributed by atoms with van der Waals surface area (Å²) in [4.78, 5) is 27.4. The number of aryl methyl sites for hydroxylation is 1. The van der Waals surface area contributed by atoms with E-state index in [1.165, 1.54) is 16.2 Å². The number of carbonyl (C=O) groups excluding carboxylic acids is 1. The number of carbonyl (C=O) groups is 2. The Kier molecular flexibility index (Phi) is 8.56. The number of nitrogens with two attached hydrogens (primary N) is 1. The summed E-state index contributed by atoms with van der Waals surface area (Å²) in [6.45, 7) is 0.480. The molecule has 206 valence electrons. The molecule has 0 spiro atoms. The second-order valence-corrected chi connectivity index (χ2v) is 9.92. The Morgan fingerprint density at radius 3 is 2.62 bits per heavy atom. The number of carboxylic acids is 1. The first kappa shape index (κ1) is 28.4. The zero-order valence-corrected chi connectivity index (χ0v) is 21.5. The van der Waals surface area contributed by atoms with Crippen LogP contribution in [-0.4, -0.2) is 49.2 Å². The van der Waals surface area contributed by atoms with E-state index in [1.54, 1.807) is 22.9 Å². The molecule has 0 fully saturated rings. The number of aliphatic carboxylic acids is 1. The van der Waals surface area contributed by atoms with Crippen LogP contribution in [-0.2, 0) is 24.2 Å². The average Bonchev–Trinajstić information content (AvgIpc) is 3.55. The van der Waals surface area contributed by atoms with E-state index in [0.717, 1.165) is 41.8 Å². The van der Waals surface area contributed by atoms with Crippen LogP contribution in [0.1, 0.15) is 38.5 Å². The second kappa shape index (κ2) is 12.1. The molecule has 1 aliphatic rings. The normalized spacial score (nSPS) is 14.3. The Morgan fingerprint density at radius 1 is 1.23 bits per heavy atom. The van der Waals surface area contributed by atoms with Crippen molar-refractivity contribution >= 4 is 28.3 Å². The van der Waals surface area contributed by atoms with Gasteiger partial charge in [0, 0.05) is 22.0 Å². The number of anilines is 1. The molecule has 0 radical (unpaired) electrons. The lowest BCUT2D eigenvalue weighted by molar-refractivity contribution is -0.192. The van der Waals surface area contributed by atoms with E-state index in [1.807, 2.05) is 36.5 Å². The summed E-state index contributed by atoms with van der Waals surface area (Å²) in [5.74, 6) is -2.95. The van der Waals surface area contributed by atoms with Gasteiger partial charge in [0.15, 0.2) is 5.13 Å². The third kappa shape index (κ3) is 7.28. The van der Waals surface area contributed by atoms with Gasteiger partial charge in [0.1, 0.15) is 5.69 Å². The predicted octanol–water partition coefficient (Wildman–Crippen LogP) is 4.02. The Balaban J connectivity index is 0.000000470. The molecule has 0 aliphatic heterocycles. The fraction of sp³-hybridized carbons (Fsp3) is 0.231. The molecular weight excluding hydrogens is 547 g/mol. The number of hydrogen-bond donors (Lipinski definition) is 3. The Morgan fingerprint density at radius 2 is 1.95 bits per heavy atom. The van der Waals surface area contributed by atoms with E-state index < -0.39 is 12.1 Å². The van der Waals surface area contributed by atoms with E-state index in [0.29, 0.717) is 22.8 Å². The molecule has 2 heterocycles. The van der Waals surface area contributed by atoms with E-state index >= 15 is 0 Å². The zero-order valence-electron chi connectivity index (χ0n) is 20.7. The number of amides is 1. The summed E-state index contributed by atoms with van der Waals surface area (Å²) < 4.78 is 33.5. The molecule has 0 saturated carbocycles. The molecule has 0 saturated heterocycles. The molecule has 4 aromatic rings. The SMILES string of the molecule is N#Cc1ccc(-c2cn(Cc3cccc(C(=O)Nc4nc5c(s4)CC(N)CC5)c3)nn2)cc1.O=C(O)C(F)(F)F. The second-order valence-electron chi connectivity index (χ2n) is 8.84. The van der Waals surface area contributed by atoms with Crippen LogP contribution in [0.4, 0.5) is 18.3 Å². The van der Waals surface area contributed by atoms with Gasteiger partial charge < -0.3 is 10.8 Å². The van der Waals surface area contributed by atoms with E-state index in [-0.39, 0.29) is 11.9 Å². The van der Waals surface area contributed by atoms with Crippen LogP contribution >= 0.6 is 11.3 Å². The number of rotatable bonds is 5. The first-order valence-electron chi connectivity index (χ1n) is 11.9. The van der Waals surface area contributed by atoms with Crippen molar-refractivity contribution in [3.63, 3.8) is 0 Å². The van der Waals surface area contributed by atoms with Gasteiger partial charge in [0.2, 0.25) is 0 Å². The van der Waals surface area contributed by atoms with E-state index in [9.17, 15) is 18.0 Å². The van der Waals surface area contributed by atoms with Gasteiger partial charge in [-0.25, -0.2) is 14.5 Å². The molecule has 1 amide bonds. The summed E-state index contributed by atoms with van der Waals surface area (Å²) in [6, 6.07) is 16.9. The molecule has 4 N–H and O–H groups in total. The largest absolute Gasteiger partial charge is 0.490 e. The number of thiazole rings is 1. The van der Waals surface area contributed by atoms with Gasteiger partial charge >= 0.3 is 12.1 Å². The molecular formula is C26H22F3N7O3S. The number of nitrogens with one attached hydrogen (secondary N) is 1. The molecule has 0 bridgehead atoms. The summed E-state index contributed by atoms with van der Waals surface area (Å²) in [6.07, 6.45) is -0.623. The van der Waals surface area contributed by atoms with Crippen LogP contribution < -0.4 is 11.1 Å². The first-order valence-corrected chi connectivity index (χ1v) is 12.7. The van der Waals surface area contributed by atoms with Crippen molar-refractivity contribution in [2.45, 2.75) is 38.0 Å². The van der Waals surface area contributed by atoms with E-state index in [4.69, 9.17) is 20.9 Å². The van der Waals surface area contributed by atoms with Gasteiger partial charge in [0.05, 0.1) is 30.1 Å². The van der Waals surface area contributed by atoms with Crippen molar-refractivity contribution in [1.29, 1.82) is 5.26 Å². The number of alkyl halides is 3. The monoisotopic (exact) mass is 569 g/mol. The van der Waals surface area contributed by atoms with Gasteiger partial charge in [-0.05, 0) is 49.1 Å². The molecule has 40 heavy (non-hydrogen) atoms. The molecule has 10 nitrogen and oxygen atoms in total. The quantitative estimate of drug-likeness (QED) is 0.325. The average molecular weight is 570 g/mol. The summed E-state index contributed by atoms with van der Waals surface area (Å²) in [5.41, 5.74) is 10.8. The topological polar surface area (TPSA) is 160 Å². The number of halogens is 3. The minimum absolute atomic E-state index is 0.174. The molecule has 2 aromatic carbocycles. The van der Waals surface area contributed by atoms with Crippen LogP contribution in [0.2, 0.25) is 0 Å². The lowest BCUT2D eigenvalue weighted by Crippen LogP contribution is -2.27. The maximum absolute atomic E-state index is 12.8. The van der Waals surface area contributed by atoms with E-state index in [2.05, 4.69) is 26.7 Å². The Hall–Kier alpha value is -4.61. The van der Waals surface area contributed by atoms with Gasteiger partial charge in [-0.1, -0.05) is 29.5 Å². The highest BCUT2D eigenvalue weighted by atomic mass is 32.1. The zero-order chi connectivity index (χ0) is 28.9. The van der Waals surface area contributed by atoms with Gasteiger partial charge in [0.25, 0.3) is 5.91 Å². The number of aromatic nitrogens is 4. The number of benzene rings is 2. The minimum Gasteiger partial charge on any atom is -0.475 e. The smallest absolute Gasteiger partial charge is 0.475 e. The van der Waals surface area contributed by atoms with Crippen molar-refractivity contribution in [2.24, 2.45) is 5.73 Å². The minimum atomic E-state index is -5.08. The van der Waals surface area contributed by atoms with Gasteiger partial charge in [-0.15, -0.1) is 16.4 Å². The highest BCUT2D eigenvalue weighted by molar-refractivity contribution is 7.15. The lowest BCUT2D eigenvalue weighted by atomic mass is 9.99. The lowest BCUT2D eigenvalue weighted by Gasteiger charge is -2.15. The fourth-order valence-corrected chi connectivity index (χ4v) is 4.94. The molecule has 1 aliphatic carbocycles. The van der Waals surface area contributed by atoms with Crippen LogP contribution in [0.5, 0.6) is 0 Å². The third-order valence-corrected chi connectivity index (χ3v) is 6.86. The van der Waals surface area contributed by atoms with Gasteiger partial charge in [-0.2, -0.15) is 18.4 Å². The first-order chi connectivity index (χ1) is 19.0. The number of nitrogens with zero attached hydrogens (tertiary/aromatic N) is 5. The summed E-state index contributed by atoms with van der Waals surface area (Å²) >= 11 is 1.51. The number of carboxylic acid groups (broad SMARTS) is 1. The van der Waals surface area contributed by atoms with Crippen molar-refractivity contribution in [2.75, 3.05) is 5.32 Å². The molecule has 1 unspecified atom stereocenters. The maximum Gasteiger partial charge on any atom is 0.490 e. The van der Waals surface area contributed by atoms with Crippen molar-refractivity contribution < 1.29 is 27.9 Å². The van der Waals surface area contributed by atoms with Crippen molar-refractivity contribution in [1.82, 2.24) is 20.0 Å². The standard InChI is InChI=1S/C24H21N7OS.C2HF3O2/c25-12-15-4-6-17(7-5-15)21-14-31(30-29-21)13-16-2-1-3-18(10-16)23(32)28-24-27-20-9-8-19(26)11-22(20)33-24;3-2(4,5)1(6)7/h1-7,10,14,19H,8-9,11,13,26H2,(H,27,28,32);(H,6,7). The van der Waals surface area contributed by atoms with Crippen LogP contribution in [0.3, 0.4) is 0 Å².